The van der Waals surface area contributed by atoms with Gasteiger partial charge in [0.2, 0.25) is 0 Å². The van der Waals surface area contributed by atoms with Gasteiger partial charge in [0.1, 0.15) is 0 Å². The molecule has 0 saturated carbocycles. The van der Waals surface area contributed by atoms with Gasteiger partial charge in [-0.1, -0.05) is 20.8 Å². The van der Waals surface area contributed by atoms with Crippen LogP contribution in [0.1, 0.15) is 47.0 Å². The summed E-state index contributed by atoms with van der Waals surface area (Å²) in [5, 5.41) is 3.52. The molecule has 0 fully saturated rings. The minimum absolute atomic E-state index is 0.0214. The van der Waals surface area contributed by atoms with E-state index in [1.165, 1.54) is 7.11 Å². The molecule has 0 spiro atoms. The highest BCUT2D eigenvalue weighted by atomic mass is 16.5. The third-order valence-corrected chi connectivity index (χ3v) is 2.82. The van der Waals surface area contributed by atoms with Crippen molar-refractivity contribution in [2.45, 2.75) is 59.0 Å². The Morgan fingerprint density at radius 1 is 1.27 bits per heavy atom. The first kappa shape index (κ1) is 14.4. The lowest BCUT2D eigenvalue weighted by Gasteiger charge is -2.22. The molecule has 1 N–H and O–H groups in total. The van der Waals surface area contributed by atoms with E-state index < -0.39 is 0 Å². The molecule has 0 aliphatic rings. The van der Waals surface area contributed by atoms with E-state index in [9.17, 15) is 4.79 Å². The van der Waals surface area contributed by atoms with E-state index in [0.717, 1.165) is 19.3 Å². The van der Waals surface area contributed by atoms with Crippen molar-refractivity contribution >= 4 is 5.97 Å². The standard InChI is InChI=1S/C12H25NO2/c1-6-11(7-2)13-10(4)8-9(3)12(14)15-5/h9-11,13H,6-8H2,1-5H3. The number of hydrogen-bond acceptors (Lipinski definition) is 3. The van der Waals surface area contributed by atoms with Crippen molar-refractivity contribution < 1.29 is 9.53 Å². The maximum Gasteiger partial charge on any atom is 0.308 e. The Morgan fingerprint density at radius 3 is 2.20 bits per heavy atom. The van der Waals surface area contributed by atoms with Gasteiger partial charge < -0.3 is 10.1 Å². The molecule has 0 aliphatic heterocycles. The van der Waals surface area contributed by atoms with Crippen molar-refractivity contribution in [3.05, 3.63) is 0 Å². The molecule has 0 aromatic rings. The SMILES string of the molecule is CCC(CC)NC(C)CC(C)C(=O)OC. The summed E-state index contributed by atoms with van der Waals surface area (Å²) in [7, 11) is 1.44. The second-order valence-electron chi connectivity index (χ2n) is 4.24. The lowest BCUT2D eigenvalue weighted by atomic mass is 10.0. The number of rotatable bonds is 7. The molecule has 3 nitrogen and oxygen atoms in total. The first-order valence-electron chi connectivity index (χ1n) is 5.88. The van der Waals surface area contributed by atoms with Gasteiger partial charge in [0.25, 0.3) is 0 Å². The number of hydrogen-bond donors (Lipinski definition) is 1. The first-order valence-corrected chi connectivity index (χ1v) is 5.88. The largest absolute Gasteiger partial charge is 0.469 e. The fourth-order valence-electron chi connectivity index (χ4n) is 1.82. The molecule has 0 radical (unpaired) electrons. The van der Waals surface area contributed by atoms with Crippen molar-refractivity contribution in [2.24, 2.45) is 5.92 Å². The van der Waals surface area contributed by atoms with Crippen LogP contribution in [0.4, 0.5) is 0 Å². The summed E-state index contributed by atoms with van der Waals surface area (Å²) in [5.74, 6) is -0.139. The highest BCUT2D eigenvalue weighted by molar-refractivity contribution is 5.71. The average Bonchev–Trinajstić information content (AvgIpc) is 2.24. The highest BCUT2D eigenvalue weighted by Crippen LogP contribution is 2.09. The van der Waals surface area contributed by atoms with E-state index in [1.807, 2.05) is 6.92 Å². The third kappa shape index (κ3) is 5.78. The topological polar surface area (TPSA) is 38.3 Å². The fourth-order valence-corrected chi connectivity index (χ4v) is 1.82. The maximum atomic E-state index is 11.2. The molecular weight excluding hydrogens is 190 g/mol. The van der Waals surface area contributed by atoms with Crippen LogP contribution < -0.4 is 5.32 Å². The Kier molecular flexibility index (Phi) is 7.39. The maximum absolute atomic E-state index is 11.2. The van der Waals surface area contributed by atoms with Crippen molar-refractivity contribution in [2.75, 3.05) is 7.11 Å². The summed E-state index contributed by atoms with van der Waals surface area (Å²) in [6, 6.07) is 0.925. The zero-order chi connectivity index (χ0) is 11.8. The molecule has 0 heterocycles. The number of ether oxygens (including phenoxy) is 1. The van der Waals surface area contributed by atoms with Crippen LogP contribution in [0, 0.1) is 5.92 Å². The summed E-state index contributed by atoms with van der Waals surface area (Å²) in [6.07, 6.45) is 3.10. The fraction of sp³-hybridized carbons (Fsp3) is 0.917. The lowest BCUT2D eigenvalue weighted by Crippen LogP contribution is -2.37. The molecule has 2 unspecified atom stereocenters. The van der Waals surface area contributed by atoms with Crippen LogP contribution in [0.5, 0.6) is 0 Å². The molecule has 0 aromatic heterocycles. The predicted molar refractivity (Wildman–Crippen MR) is 62.8 cm³/mol. The Morgan fingerprint density at radius 2 is 1.80 bits per heavy atom. The predicted octanol–water partition coefficient (Wildman–Crippen LogP) is 2.35. The van der Waals surface area contributed by atoms with Gasteiger partial charge in [-0.25, -0.2) is 0 Å². The van der Waals surface area contributed by atoms with Crippen molar-refractivity contribution in [3.63, 3.8) is 0 Å². The average molecular weight is 215 g/mol. The van der Waals surface area contributed by atoms with Gasteiger partial charge in [-0.15, -0.1) is 0 Å². The summed E-state index contributed by atoms with van der Waals surface area (Å²) < 4.78 is 4.70. The van der Waals surface area contributed by atoms with Crippen LogP contribution in [0.25, 0.3) is 0 Å². The second kappa shape index (κ2) is 7.69. The molecule has 15 heavy (non-hydrogen) atoms. The van der Waals surface area contributed by atoms with E-state index in [2.05, 4.69) is 26.1 Å². The van der Waals surface area contributed by atoms with Gasteiger partial charge in [0.05, 0.1) is 13.0 Å². The smallest absolute Gasteiger partial charge is 0.308 e. The molecule has 0 amide bonds. The quantitative estimate of drug-likeness (QED) is 0.662. The molecule has 0 rings (SSSR count). The second-order valence-corrected chi connectivity index (χ2v) is 4.24. The highest BCUT2D eigenvalue weighted by Gasteiger charge is 2.17. The van der Waals surface area contributed by atoms with Gasteiger partial charge in [-0.05, 0) is 26.2 Å². The van der Waals surface area contributed by atoms with Crippen molar-refractivity contribution in [1.29, 1.82) is 0 Å². The van der Waals surface area contributed by atoms with E-state index in [1.54, 1.807) is 0 Å². The van der Waals surface area contributed by atoms with Crippen LogP contribution in [0.2, 0.25) is 0 Å². The third-order valence-electron chi connectivity index (χ3n) is 2.82. The van der Waals surface area contributed by atoms with Crippen LogP contribution >= 0.6 is 0 Å². The minimum atomic E-state index is -0.117. The van der Waals surface area contributed by atoms with Crippen LogP contribution in [0.3, 0.4) is 0 Å². The number of carbonyl (C=O) groups is 1. The van der Waals surface area contributed by atoms with E-state index in [0.29, 0.717) is 12.1 Å². The summed E-state index contributed by atoms with van der Waals surface area (Å²) in [6.45, 7) is 8.39. The summed E-state index contributed by atoms with van der Waals surface area (Å²) in [5.41, 5.74) is 0. The summed E-state index contributed by atoms with van der Waals surface area (Å²) in [4.78, 5) is 11.2. The van der Waals surface area contributed by atoms with Crippen LogP contribution in [-0.4, -0.2) is 25.2 Å². The number of carbonyl (C=O) groups excluding carboxylic acids is 1. The monoisotopic (exact) mass is 215 g/mol. The Bertz CT molecular complexity index is 178. The van der Waals surface area contributed by atoms with Gasteiger partial charge in [-0.3, -0.25) is 4.79 Å². The molecule has 2 atom stereocenters. The molecular formula is C12H25NO2. The Hall–Kier alpha value is -0.570. The van der Waals surface area contributed by atoms with Gasteiger partial charge in [0.15, 0.2) is 0 Å². The molecule has 0 bridgehead atoms. The summed E-state index contributed by atoms with van der Waals surface area (Å²) >= 11 is 0. The molecule has 0 saturated heterocycles. The minimum Gasteiger partial charge on any atom is -0.469 e. The zero-order valence-electron chi connectivity index (χ0n) is 10.7. The number of nitrogens with one attached hydrogen (secondary N) is 1. The zero-order valence-corrected chi connectivity index (χ0v) is 10.7. The van der Waals surface area contributed by atoms with Crippen LogP contribution in [0.15, 0.2) is 0 Å². The lowest BCUT2D eigenvalue weighted by molar-refractivity contribution is -0.145. The normalized spacial score (nSPS) is 15.1. The molecule has 0 aliphatic carbocycles. The van der Waals surface area contributed by atoms with Gasteiger partial charge in [-0.2, -0.15) is 0 Å². The van der Waals surface area contributed by atoms with Crippen molar-refractivity contribution in [3.8, 4) is 0 Å². The Labute approximate surface area is 93.6 Å². The van der Waals surface area contributed by atoms with Gasteiger partial charge in [0, 0.05) is 12.1 Å². The van der Waals surface area contributed by atoms with Crippen molar-refractivity contribution in [1.82, 2.24) is 5.32 Å². The number of esters is 1. The number of methoxy groups -OCH3 is 1. The van der Waals surface area contributed by atoms with Crippen LogP contribution in [-0.2, 0) is 9.53 Å². The van der Waals surface area contributed by atoms with E-state index in [4.69, 9.17) is 4.74 Å². The molecule has 3 heteroatoms. The first-order chi connectivity index (χ1) is 7.04. The van der Waals surface area contributed by atoms with E-state index in [-0.39, 0.29) is 11.9 Å². The molecule has 0 aromatic carbocycles. The Balaban J connectivity index is 3.91. The van der Waals surface area contributed by atoms with Gasteiger partial charge >= 0.3 is 5.97 Å². The molecule has 90 valence electrons. The van der Waals surface area contributed by atoms with E-state index >= 15 is 0 Å².